The summed E-state index contributed by atoms with van der Waals surface area (Å²) in [5.74, 6) is 1.42. The lowest BCUT2D eigenvalue weighted by molar-refractivity contribution is 0.0510. The maximum absolute atomic E-state index is 12.9. The average Bonchev–Trinajstić information content (AvgIpc) is 2.55. The molecule has 1 fully saturated rings. The lowest BCUT2D eigenvalue weighted by atomic mass is 9.96. The van der Waals surface area contributed by atoms with Crippen LogP contribution in [-0.2, 0) is 0 Å². The van der Waals surface area contributed by atoms with Gasteiger partial charge in [-0.05, 0) is 57.7 Å². The summed E-state index contributed by atoms with van der Waals surface area (Å²) in [6.45, 7) is 7.06. The standard InChI is InChI=1S/C19H29NO3/c1-5-6-12-23-17-11-10-16(13-18(17)22-4)19(21)20-14(2)8-7-9-15(20)3/h10-11,13-15H,5-9,12H2,1-4H3. The Morgan fingerprint density at radius 1 is 1.22 bits per heavy atom. The Hall–Kier alpha value is -1.71. The molecule has 0 bridgehead atoms. The number of hydrogen-bond acceptors (Lipinski definition) is 3. The number of nitrogens with zero attached hydrogens (tertiary/aromatic N) is 1. The third-order valence-corrected chi connectivity index (χ3v) is 4.59. The van der Waals surface area contributed by atoms with Crippen molar-refractivity contribution in [2.24, 2.45) is 0 Å². The van der Waals surface area contributed by atoms with Gasteiger partial charge in [-0.15, -0.1) is 0 Å². The Balaban J connectivity index is 2.17. The minimum Gasteiger partial charge on any atom is -0.493 e. The van der Waals surface area contributed by atoms with Crippen molar-refractivity contribution in [1.29, 1.82) is 0 Å². The largest absolute Gasteiger partial charge is 0.493 e. The van der Waals surface area contributed by atoms with Crippen LogP contribution in [0.2, 0.25) is 0 Å². The number of benzene rings is 1. The van der Waals surface area contributed by atoms with Gasteiger partial charge >= 0.3 is 0 Å². The van der Waals surface area contributed by atoms with Crippen molar-refractivity contribution >= 4 is 5.91 Å². The highest BCUT2D eigenvalue weighted by Crippen LogP contribution is 2.31. The van der Waals surface area contributed by atoms with Gasteiger partial charge in [-0.1, -0.05) is 13.3 Å². The zero-order chi connectivity index (χ0) is 16.8. The van der Waals surface area contributed by atoms with E-state index in [9.17, 15) is 4.79 Å². The summed E-state index contributed by atoms with van der Waals surface area (Å²) in [5, 5.41) is 0. The van der Waals surface area contributed by atoms with Crippen LogP contribution in [0.3, 0.4) is 0 Å². The van der Waals surface area contributed by atoms with Crippen LogP contribution in [0.4, 0.5) is 0 Å². The maximum Gasteiger partial charge on any atom is 0.254 e. The number of carbonyl (C=O) groups excluding carboxylic acids is 1. The van der Waals surface area contributed by atoms with Gasteiger partial charge in [0.2, 0.25) is 0 Å². The molecule has 2 rings (SSSR count). The Kier molecular flexibility index (Phi) is 6.31. The summed E-state index contributed by atoms with van der Waals surface area (Å²) in [6, 6.07) is 6.08. The first-order valence-electron chi connectivity index (χ1n) is 8.72. The van der Waals surface area contributed by atoms with E-state index < -0.39 is 0 Å². The summed E-state index contributed by atoms with van der Waals surface area (Å²) >= 11 is 0. The molecule has 23 heavy (non-hydrogen) atoms. The molecular formula is C19H29NO3. The maximum atomic E-state index is 12.9. The van der Waals surface area contributed by atoms with Gasteiger partial charge in [-0.3, -0.25) is 4.79 Å². The molecule has 1 aliphatic heterocycles. The van der Waals surface area contributed by atoms with Crippen LogP contribution in [0.15, 0.2) is 18.2 Å². The van der Waals surface area contributed by atoms with Gasteiger partial charge < -0.3 is 14.4 Å². The van der Waals surface area contributed by atoms with E-state index in [0.29, 0.717) is 23.7 Å². The van der Waals surface area contributed by atoms with Crippen LogP contribution >= 0.6 is 0 Å². The summed E-state index contributed by atoms with van der Waals surface area (Å²) < 4.78 is 11.2. The van der Waals surface area contributed by atoms with Crippen molar-refractivity contribution in [3.8, 4) is 11.5 Å². The zero-order valence-corrected chi connectivity index (χ0v) is 14.8. The van der Waals surface area contributed by atoms with Crippen LogP contribution in [0.25, 0.3) is 0 Å². The van der Waals surface area contributed by atoms with Gasteiger partial charge in [0.25, 0.3) is 5.91 Å². The van der Waals surface area contributed by atoms with E-state index in [-0.39, 0.29) is 18.0 Å². The van der Waals surface area contributed by atoms with Crippen LogP contribution < -0.4 is 9.47 Å². The third kappa shape index (κ3) is 4.18. The zero-order valence-electron chi connectivity index (χ0n) is 14.8. The van der Waals surface area contributed by atoms with E-state index in [0.717, 1.165) is 25.7 Å². The SMILES string of the molecule is CCCCOc1ccc(C(=O)N2C(C)CCCC2C)cc1OC. The molecule has 0 saturated carbocycles. The summed E-state index contributed by atoms with van der Waals surface area (Å²) in [5.41, 5.74) is 0.672. The summed E-state index contributed by atoms with van der Waals surface area (Å²) in [7, 11) is 1.61. The lowest BCUT2D eigenvalue weighted by Crippen LogP contribution is -2.47. The van der Waals surface area contributed by atoms with Crippen LogP contribution in [-0.4, -0.2) is 36.6 Å². The second-order valence-electron chi connectivity index (χ2n) is 6.41. The van der Waals surface area contributed by atoms with E-state index in [2.05, 4.69) is 20.8 Å². The molecule has 0 spiro atoms. The molecule has 1 heterocycles. The highest BCUT2D eigenvalue weighted by Gasteiger charge is 2.30. The molecule has 1 aromatic carbocycles. The topological polar surface area (TPSA) is 38.8 Å². The second-order valence-corrected chi connectivity index (χ2v) is 6.41. The fraction of sp³-hybridized carbons (Fsp3) is 0.632. The number of unbranched alkanes of at least 4 members (excludes halogenated alkanes) is 1. The van der Waals surface area contributed by atoms with Gasteiger partial charge in [0.1, 0.15) is 0 Å². The van der Waals surface area contributed by atoms with E-state index in [1.165, 1.54) is 6.42 Å². The minimum absolute atomic E-state index is 0.0862. The molecule has 1 aromatic rings. The number of piperidine rings is 1. The fourth-order valence-corrected chi connectivity index (χ4v) is 3.22. The molecule has 4 nitrogen and oxygen atoms in total. The van der Waals surface area contributed by atoms with Crippen molar-refractivity contribution in [3.05, 3.63) is 23.8 Å². The number of carbonyl (C=O) groups is 1. The van der Waals surface area contributed by atoms with E-state index in [1.807, 2.05) is 17.0 Å². The van der Waals surface area contributed by atoms with Gasteiger partial charge in [0, 0.05) is 17.6 Å². The first-order valence-corrected chi connectivity index (χ1v) is 8.72. The number of ether oxygens (including phenoxy) is 2. The minimum atomic E-state index is 0.0862. The predicted octanol–water partition coefficient (Wildman–Crippen LogP) is 4.28. The van der Waals surface area contributed by atoms with Crippen molar-refractivity contribution in [1.82, 2.24) is 4.90 Å². The summed E-state index contributed by atoms with van der Waals surface area (Å²) in [4.78, 5) is 14.9. The molecule has 2 unspecified atom stereocenters. The van der Waals surface area contributed by atoms with E-state index >= 15 is 0 Å². The Morgan fingerprint density at radius 3 is 2.52 bits per heavy atom. The first kappa shape index (κ1) is 17.6. The molecule has 2 atom stereocenters. The van der Waals surface area contributed by atoms with Crippen molar-refractivity contribution in [2.45, 2.75) is 65.0 Å². The van der Waals surface area contributed by atoms with Crippen LogP contribution in [0.1, 0.15) is 63.2 Å². The van der Waals surface area contributed by atoms with Crippen LogP contribution in [0, 0.1) is 0 Å². The van der Waals surface area contributed by atoms with E-state index in [4.69, 9.17) is 9.47 Å². The Bertz CT molecular complexity index is 519. The van der Waals surface area contributed by atoms with Gasteiger partial charge in [0.05, 0.1) is 13.7 Å². The number of likely N-dealkylation sites (tertiary alicyclic amines) is 1. The van der Waals surface area contributed by atoms with Gasteiger partial charge in [0.15, 0.2) is 11.5 Å². The molecule has 1 amide bonds. The molecule has 0 aliphatic carbocycles. The molecule has 4 heteroatoms. The van der Waals surface area contributed by atoms with Crippen LogP contribution in [0.5, 0.6) is 11.5 Å². The Morgan fingerprint density at radius 2 is 1.91 bits per heavy atom. The van der Waals surface area contributed by atoms with Gasteiger partial charge in [-0.25, -0.2) is 0 Å². The van der Waals surface area contributed by atoms with Gasteiger partial charge in [-0.2, -0.15) is 0 Å². The monoisotopic (exact) mass is 319 g/mol. The molecule has 0 N–H and O–H groups in total. The van der Waals surface area contributed by atoms with E-state index in [1.54, 1.807) is 13.2 Å². The van der Waals surface area contributed by atoms with Crippen molar-refractivity contribution in [3.63, 3.8) is 0 Å². The molecular weight excluding hydrogens is 290 g/mol. The van der Waals surface area contributed by atoms with Crippen molar-refractivity contribution in [2.75, 3.05) is 13.7 Å². The number of amides is 1. The highest BCUT2D eigenvalue weighted by atomic mass is 16.5. The van der Waals surface area contributed by atoms with Crippen molar-refractivity contribution < 1.29 is 14.3 Å². The third-order valence-electron chi connectivity index (χ3n) is 4.59. The predicted molar refractivity (Wildman–Crippen MR) is 92.3 cm³/mol. The normalized spacial score (nSPS) is 21.1. The quantitative estimate of drug-likeness (QED) is 0.735. The average molecular weight is 319 g/mol. The molecule has 0 radical (unpaired) electrons. The highest BCUT2D eigenvalue weighted by molar-refractivity contribution is 5.95. The number of hydrogen-bond donors (Lipinski definition) is 0. The molecule has 0 aromatic heterocycles. The Labute approximate surface area is 139 Å². The first-order chi connectivity index (χ1) is 11.1. The number of rotatable bonds is 6. The molecule has 1 aliphatic rings. The lowest BCUT2D eigenvalue weighted by Gasteiger charge is -2.39. The second kappa shape index (κ2) is 8.23. The number of methoxy groups -OCH3 is 1. The smallest absolute Gasteiger partial charge is 0.254 e. The summed E-state index contributed by atoms with van der Waals surface area (Å²) in [6.07, 6.45) is 5.44. The fourth-order valence-electron chi connectivity index (χ4n) is 3.22. The molecule has 128 valence electrons. The molecule has 1 saturated heterocycles.